The summed E-state index contributed by atoms with van der Waals surface area (Å²) in [7, 11) is 0. The molecule has 7 heteroatoms. The van der Waals surface area contributed by atoms with Crippen molar-refractivity contribution in [3.05, 3.63) is 53.6 Å². The number of benzene rings is 2. The molecule has 1 fully saturated rings. The fourth-order valence-electron chi connectivity index (χ4n) is 2.80. The Kier molecular flexibility index (Phi) is 4.88. The average Bonchev–Trinajstić information content (AvgIpc) is 3.05. The predicted octanol–water partition coefficient (Wildman–Crippen LogP) is 2.38. The summed E-state index contributed by atoms with van der Waals surface area (Å²) in [5.41, 5.74) is 4.42. The lowest BCUT2D eigenvalue weighted by Gasteiger charge is -2.15. The van der Waals surface area contributed by atoms with Gasteiger partial charge < -0.3 is 15.1 Å². The molecule has 0 bridgehead atoms. The normalized spacial score (nSPS) is 14.6. The van der Waals surface area contributed by atoms with Crippen LogP contribution in [-0.4, -0.2) is 34.3 Å². The van der Waals surface area contributed by atoms with Crippen LogP contribution in [-0.2, 0) is 4.79 Å². The van der Waals surface area contributed by atoms with E-state index in [1.54, 1.807) is 36.1 Å². The number of anilines is 1. The van der Waals surface area contributed by atoms with E-state index in [4.69, 9.17) is 0 Å². The molecule has 134 valence electrons. The number of phenols is 2. The summed E-state index contributed by atoms with van der Waals surface area (Å²) >= 11 is 0. The monoisotopic (exact) mass is 353 g/mol. The molecule has 3 N–H and O–H groups in total. The van der Waals surface area contributed by atoms with Gasteiger partial charge in [0.1, 0.15) is 11.5 Å². The predicted molar refractivity (Wildman–Crippen MR) is 97.5 cm³/mol. The van der Waals surface area contributed by atoms with E-state index in [-0.39, 0.29) is 17.4 Å². The van der Waals surface area contributed by atoms with Crippen molar-refractivity contribution < 1.29 is 19.8 Å². The summed E-state index contributed by atoms with van der Waals surface area (Å²) < 4.78 is 0. The average molecular weight is 353 g/mol. The number of hydrazone groups is 1. The number of rotatable bonds is 4. The number of phenolic OH excluding ortho intramolecular Hbond substituents is 2. The number of nitrogens with zero attached hydrogens (tertiary/aromatic N) is 2. The molecule has 7 nitrogen and oxygen atoms in total. The lowest BCUT2D eigenvalue weighted by Crippen LogP contribution is -2.24. The van der Waals surface area contributed by atoms with Crippen molar-refractivity contribution in [2.75, 3.05) is 11.4 Å². The first-order valence-corrected chi connectivity index (χ1v) is 8.23. The molecule has 2 aromatic carbocycles. The molecule has 1 saturated heterocycles. The highest BCUT2D eigenvalue weighted by Crippen LogP contribution is 2.23. The van der Waals surface area contributed by atoms with Crippen LogP contribution in [0.1, 0.15) is 35.7 Å². The van der Waals surface area contributed by atoms with Gasteiger partial charge in [0.15, 0.2) is 0 Å². The van der Waals surface area contributed by atoms with Crippen molar-refractivity contribution in [3.63, 3.8) is 0 Å². The number of aromatic hydroxyl groups is 2. The molecule has 0 saturated carbocycles. The van der Waals surface area contributed by atoms with Crippen LogP contribution in [0.25, 0.3) is 0 Å². The van der Waals surface area contributed by atoms with Crippen molar-refractivity contribution in [1.29, 1.82) is 0 Å². The molecule has 3 rings (SSSR count). The minimum absolute atomic E-state index is 0.0559. The minimum atomic E-state index is -0.401. The van der Waals surface area contributed by atoms with Crippen LogP contribution in [0.15, 0.2) is 47.6 Å². The van der Waals surface area contributed by atoms with Gasteiger partial charge in [0.25, 0.3) is 5.91 Å². The summed E-state index contributed by atoms with van der Waals surface area (Å²) in [5.74, 6) is -0.488. The van der Waals surface area contributed by atoms with Crippen molar-refractivity contribution in [1.82, 2.24) is 5.43 Å². The Balaban J connectivity index is 1.68. The zero-order valence-electron chi connectivity index (χ0n) is 14.3. The van der Waals surface area contributed by atoms with E-state index in [9.17, 15) is 19.8 Å². The first kappa shape index (κ1) is 17.5. The maximum absolute atomic E-state index is 12.2. The van der Waals surface area contributed by atoms with E-state index < -0.39 is 5.91 Å². The van der Waals surface area contributed by atoms with Crippen molar-refractivity contribution in [2.24, 2.45) is 5.10 Å². The molecule has 2 aromatic rings. The number of carbonyl (C=O) groups is 2. The first-order valence-electron chi connectivity index (χ1n) is 8.23. The second kappa shape index (κ2) is 7.26. The highest BCUT2D eigenvalue weighted by molar-refractivity contribution is 6.03. The number of hydrogen-bond acceptors (Lipinski definition) is 5. The van der Waals surface area contributed by atoms with E-state index >= 15 is 0 Å². The molecular weight excluding hydrogens is 334 g/mol. The Labute approximate surface area is 150 Å². The quantitative estimate of drug-likeness (QED) is 0.580. The van der Waals surface area contributed by atoms with Gasteiger partial charge in [-0.1, -0.05) is 0 Å². The third-order valence-corrected chi connectivity index (χ3v) is 4.21. The van der Waals surface area contributed by atoms with Gasteiger partial charge in [-0.3, -0.25) is 9.59 Å². The molecule has 0 atom stereocenters. The third-order valence-electron chi connectivity index (χ3n) is 4.21. The van der Waals surface area contributed by atoms with Crippen molar-refractivity contribution >= 4 is 23.2 Å². The highest BCUT2D eigenvalue weighted by Gasteiger charge is 2.21. The van der Waals surface area contributed by atoms with Gasteiger partial charge in [-0.2, -0.15) is 5.10 Å². The molecule has 0 spiro atoms. The number of hydrogen-bond donors (Lipinski definition) is 3. The summed E-state index contributed by atoms with van der Waals surface area (Å²) in [5, 5.41) is 23.1. The zero-order valence-corrected chi connectivity index (χ0v) is 14.3. The molecule has 2 amide bonds. The first-order chi connectivity index (χ1) is 12.5. The lowest BCUT2D eigenvalue weighted by atomic mass is 10.1. The van der Waals surface area contributed by atoms with Gasteiger partial charge in [0.2, 0.25) is 5.91 Å². The molecule has 0 unspecified atom stereocenters. The Morgan fingerprint density at radius 2 is 1.88 bits per heavy atom. The van der Waals surface area contributed by atoms with Crippen LogP contribution in [0, 0.1) is 0 Å². The molecule has 0 aromatic heterocycles. The van der Waals surface area contributed by atoms with Crippen LogP contribution in [0.5, 0.6) is 11.5 Å². The second-order valence-corrected chi connectivity index (χ2v) is 6.04. The second-order valence-electron chi connectivity index (χ2n) is 6.04. The Morgan fingerprint density at radius 3 is 2.50 bits per heavy atom. The summed E-state index contributed by atoms with van der Waals surface area (Å²) in [4.78, 5) is 25.7. The molecular formula is C19H19N3O4. The lowest BCUT2D eigenvalue weighted by molar-refractivity contribution is -0.117. The fraction of sp³-hybridized carbons (Fsp3) is 0.211. The number of carbonyl (C=O) groups excluding carboxylic acids is 2. The molecule has 1 heterocycles. The van der Waals surface area contributed by atoms with E-state index in [0.717, 1.165) is 12.1 Å². The van der Waals surface area contributed by atoms with Crippen LogP contribution < -0.4 is 10.3 Å². The smallest absolute Gasteiger partial charge is 0.271 e. The van der Waals surface area contributed by atoms with Gasteiger partial charge in [0, 0.05) is 35.8 Å². The van der Waals surface area contributed by atoms with E-state index in [0.29, 0.717) is 29.8 Å². The topological polar surface area (TPSA) is 102 Å². The Bertz CT molecular complexity index is 875. The minimum Gasteiger partial charge on any atom is -0.508 e. The Morgan fingerprint density at radius 1 is 1.15 bits per heavy atom. The van der Waals surface area contributed by atoms with Gasteiger partial charge in [0.05, 0.1) is 5.71 Å². The highest BCUT2D eigenvalue weighted by atomic mass is 16.3. The van der Waals surface area contributed by atoms with Crippen LogP contribution in [0.3, 0.4) is 0 Å². The number of nitrogens with one attached hydrogen (secondary N) is 1. The molecule has 1 aliphatic heterocycles. The molecule has 26 heavy (non-hydrogen) atoms. The van der Waals surface area contributed by atoms with Crippen LogP contribution >= 0.6 is 0 Å². The molecule has 0 aliphatic carbocycles. The van der Waals surface area contributed by atoms with Gasteiger partial charge in [-0.15, -0.1) is 0 Å². The van der Waals surface area contributed by atoms with Gasteiger partial charge in [-0.05, 0) is 49.7 Å². The van der Waals surface area contributed by atoms with Gasteiger partial charge >= 0.3 is 0 Å². The summed E-state index contributed by atoms with van der Waals surface area (Å²) in [6.07, 6.45) is 1.40. The zero-order chi connectivity index (χ0) is 18.7. The molecule has 1 aliphatic rings. The van der Waals surface area contributed by atoms with E-state index in [1.165, 1.54) is 18.2 Å². The van der Waals surface area contributed by atoms with E-state index in [1.807, 2.05) is 0 Å². The fourth-order valence-corrected chi connectivity index (χ4v) is 2.80. The standard InChI is InChI=1S/C19H19N3O4/c1-12(16-9-8-15(23)11-17(16)24)20-21-19(26)13-4-6-14(7-5-13)22-10-2-3-18(22)25/h4-9,11,23-24H,2-3,10H2,1H3,(H,21,26). The number of amides is 2. The summed E-state index contributed by atoms with van der Waals surface area (Å²) in [6, 6.07) is 10.9. The van der Waals surface area contributed by atoms with E-state index in [2.05, 4.69) is 10.5 Å². The maximum Gasteiger partial charge on any atom is 0.271 e. The van der Waals surface area contributed by atoms with Gasteiger partial charge in [-0.25, -0.2) is 5.43 Å². The Hall–Kier alpha value is -3.35. The van der Waals surface area contributed by atoms with Crippen molar-refractivity contribution in [3.8, 4) is 11.5 Å². The van der Waals surface area contributed by atoms with Crippen LogP contribution in [0.4, 0.5) is 5.69 Å². The SMILES string of the molecule is CC(=NNC(=O)c1ccc(N2CCCC2=O)cc1)c1ccc(O)cc1O. The maximum atomic E-state index is 12.2. The van der Waals surface area contributed by atoms with Crippen LogP contribution in [0.2, 0.25) is 0 Å². The summed E-state index contributed by atoms with van der Waals surface area (Å²) in [6.45, 7) is 2.33. The molecule has 0 radical (unpaired) electrons. The third kappa shape index (κ3) is 3.66. The van der Waals surface area contributed by atoms with Crippen molar-refractivity contribution in [2.45, 2.75) is 19.8 Å². The largest absolute Gasteiger partial charge is 0.508 e.